The van der Waals surface area contributed by atoms with E-state index in [4.69, 9.17) is 15.7 Å². The van der Waals surface area contributed by atoms with Gasteiger partial charge in [-0.1, -0.05) is 0 Å². The zero-order valence-corrected chi connectivity index (χ0v) is 13.9. The molecule has 0 unspecified atom stereocenters. The Morgan fingerprint density at radius 1 is 1.38 bits per heavy atom. The van der Waals surface area contributed by atoms with E-state index in [0.717, 1.165) is 17.7 Å². The average molecular weight is 358 g/mol. The minimum atomic E-state index is -0.868. The molecular formula is C16H14N4O6. The molecular weight excluding hydrogens is 344 g/mol. The normalized spacial score (nSPS) is 10.0. The summed E-state index contributed by atoms with van der Waals surface area (Å²) in [5.74, 6) is -1.59. The fraction of sp³-hybridized carbons (Fsp3) is 0.188. The lowest BCUT2D eigenvalue weighted by molar-refractivity contribution is -0.384. The number of nitriles is 1. The van der Waals surface area contributed by atoms with Crippen molar-refractivity contribution in [1.82, 2.24) is 4.57 Å². The molecule has 1 heterocycles. The molecule has 2 N–H and O–H groups in total. The quantitative estimate of drug-likeness (QED) is 0.483. The van der Waals surface area contributed by atoms with Gasteiger partial charge >= 0.3 is 11.9 Å². The number of ether oxygens (including phenoxy) is 2. The first-order valence-electron chi connectivity index (χ1n) is 7.30. The number of carbonyl (C=O) groups excluding carboxylic acids is 2. The Balaban J connectivity index is 2.73. The second-order valence-corrected chi connectivity index (χ2v) is 4.96. The smallest absolute Gasteiger partial charge is 0.357 e. The van der Waals surface area contributed by atoms with Gasteiger partial charge in [0.05, 0.1) is 35.5 Å². The molecule has 0 atom stereocenters. The van der Waals surface area contributed by atoms with Crippen LogP contribution in [0, 0.1) is 21.4 Å². The molecule has 1 aromatic carbocycles. The van der Waals surface area contributed by atoms with E-state index in [0.29, 0.717) is 0 Å². The topological polar surface area (TPSA) is 150 Å². The molecule has 0 radical (unpaired) electrons. The summed E-state index contributed by atoms with van der Waals surface area (Å²) in [5.41, 5.74) is 4.79. The van der Waals surface area contributed by atoms with Gasteiger partial charge in [0, 0.05) is 12.3 Å². The molecule has 0 aliphatic carbocycles. The number of aromatic nitrogens is 1. The Morgan fingerprint density at radius 3 is 2.62 bits per heavy atom. The van der Waals surface area contributed by atoms with Gasteiger partial charge in [0.25, 0.3) is 5.69 Å². The van der Waals surface area contributed by atoms with Crippen LogP contribution >= 0.6 is 0 Å². The number of hydrogen-bond acceptors (Lipinski definition) is 8. The molecule has 10 nitrogen and oxygen atoms in total. The maximum atomic E-state index is 12.0. The van der Waals surface area contributed by atoms with E-state index in [1.165, 1.54) is 18.3 Å². The summed E-state index contributed by atoms with van der Waals surface area (Å²) >= 11 is 0. The van der Waals surface area contributed by atoms with Crippen molar-refractivity contribution >= 4 is 23.3 Å². The molecule has 0 bridgehead atoms. The van der Waals surface area contributed by atoms with E-state index < -0.39 is 22.5 Å². The number of rotatable bonds is 5. The lowest BCUT2D eigenvalue weighted by atomic mass is 10.1. The van der Waals surface area contributed by atoms with E-state index in [1.807, 2.05) is 0 Å². The predicted octanol–water partition coefficient (Wildman–Crippen LogP) is 1.80. The van der Waals surface area contributed by atoms with Gasteiger partial charge in [-0.3, -0.25) is 10.1 Å². The molecule has 26 heavy (non-hydrogen) atoms. The number of nitrogens with zero attached hydrogens (tertiary/aromatic N) is 3. The number of anilines is 1. The third-order valence-electron chi connectivity index (χ3n) is 3.49. The van der Waals surface area contributed by atoms with Gasteiger partial charge in [-0.2, -0.15) is 5.26 Å². The summed E-state index contributed by atoms with van der Waals surface area (Å²) in [6.07, 6.45) is 1.19. The molecule has 0 saturated heterocycles. The van der Waals surface area contributed by atoms with Crippen molar-refractivity contribution in [2.24, 2.45) is 0 Å². The molecule has 0 saturated carbocycles. The fourth-order valence-corrected chi connectivity index (χ4v) is 2.32. The molecule has 0 amide bonds. The second-order valence-electron chi connectivity index (χ2n) is 4.96. The number of nitrogen functional groups attached to an aromatic ring is 1. The number of benzene rings is 1. The van der Waals surface area contributed by atoms with Crippen LogP contribution in [0.3, 0.4) is 0 Å². The van der Waals surface area contributed by atoms with Gasteiger partial charge in [-0.05, 0) is 19.1 Å². The van der Waals surface area contributed by atoms with Crippen LogP contribution in [0.5, 0.6) is 0 Å². The van der Waals surface area contributed by atoms with Crippen molar-refractivity contribution in [2.45, 2.75) is 6.92 Å². The summed E-state index contributed by atoms with van der Waals surface area (Å²) in [6, 6.07) is 5.40. The SMILES string of the molecule is CCOC(=O)c1ccc(-n2cc(C#N)c(N)c2C(=O)OC)c([N+](=O)[O-])c1. The van der Waals surface area contributed by atoms with Gasteiger partial charge in [-0.15, -0.1) is 0 Å². The fourth-order valence-electron chi connectivity index (χ4n) is 2.32. The first kappa shape index (κ1) is 18.5. The van der Waals surface area contributed by atoms with Crippen molar-refractivity contribution in [3.05, 3.63) is 51.3 Å². The number of nitrogens with two attached hydrogens (primary N) is 1. The molecule has 0 aliphatic heterocycles. The summed E-state index contributed by atoms with van der Waals surface area (Å²) in [7, 11) is 1.11. The van der Waals surface area contributed by atoms with E-state index in [2.05, 4.69) is 4.74 Å². The van der Waals surface area contributed by atoms with Crippen LogP contribution in [0.4, 0.5) is 11.4 Å². The van der Waals surface area contributed by atoms with Crippen molar-refractivity contribution in [1.29, 1.82) is 5.26 Å². The average Bonchev–Trinajstić information content (AvgIpc) is 2.97. The van der Waals surface area contributed by atoms with E-state index in [-0.39, 0.29) is 34.8 Å². The number of methoxy groups -OCH3 is 1. The van der Waals surface area contributed by atoms with E-state index >= 15 is 0 Å². The van der Waals surface area contributed by atoms with Crippen LogP contribution in [-0.2, 0) is 9.47 Å². The first-order chi connectivity index (χ1) is 12.3. The molecule has 2 aromatic rings. The maximum Gasteiger partial charge on any atom is 0.357 e. The highest BCUT2D eigenvalue weighted by Gasteiger charge is 2.27. The van der Waals surface area contributed by atoms with Crippen LogP contribution in [0.25, 0.3) is 5.69 Å². The largest absolute Gasteiger partial charge is 0.464 e. The van der Waals surface area contributed by atoms with Gasteiger partial charge in [-0.25, -0.2) is 9.59 Å². The zero-order chi connectivity index (χ0) is 19.4. The summed E-state index contributed by atoms with van der Waals surface area (Å²) in [6.45, 7) is 1.72. The molecule has 0 aliphatic rings. The van der Waals surface area contributed by atoms with Crippen LogP contribution < -0.4 is 5.73 Å². The van der Waals surface area contributed by atoms with Gasteiger partial charge in [0.1, 0.15) is 11.8 Å². The van der Waals surface area contributed by atoms with Crippen LogP contribution in [0.15, 0.2) is 24.4 Å². The lowest BCUT2D eigenvalue weighted by Crippen LogP contribution is -2.13. The van der Waals surface area contributed by atoms with Gasteiger partial charge in [0.2, 0.25) is 0 Å². The van der Waals surface area contributed by atoms with Crippen LogP contribution in [0.1, 0.15) is 33.3 Å². The summed E-state index contributed by atoms with van der Waals surface area (Å²) in [4.78, 5) is 34.6. The second kappa shape index (κ2) is 7.35. The van der Waals surface area contributed by atoms with Crippen molar-refractivity contribution in [3.8, 4) is 11.8 Å². The highest BCUT2D eigenvalue weighted by Crippen LogP contribution is 2.30. The number of nitro benzene ring substituents is 1. The molecule has 0 spiro atoms. The van der Waals surface area contributed by atoms with Crippen LogP contribution in [0.2, 0.25) is 0 Å². The molecule has 134 valence electrons. The minimum Gasteiger partial charge on any atom is -0.464 e. The Hall–Kier alpha value is -3.87. The number of carbonyl (C=O) groups is 2. The van der Waals surface area contributed by atoms with Crippen LogP contribution in [-0.4, -0.2) is 35.1 Å². The van der Waals surface area contributed by atoms with E-state index in [9.17, 15) is 19.7 Å². The standard InChI is InChI=1S/C16H14N4O6/c1-3-26-15(21)9-4-5-11(12(6-9)20(23)24)19-8-10(7-17)13(18)14(19)16(22)25-2/h4-6,8H,3,18H2,1-2H3. The number of nitro groups is 1. The monoisotopic (exact) mass is 358 g/mol. The minimum absolute atomic E-state index is 0.0254. The Kier molecular flexibility index (Phi) is 5.22. The predicted molar refractivity (Wildman–Crippen MR) is 88.8 cm³/mol. The third-order valence-corrected chi connectivity index (χ3v) is 3.49. The third kappa shape index (κ3) is 3.18. The van der Waals surface area contributed by atoms with Gasteiger partial charge in [0.15, 0.2) is 5.69 Å². The van der Waals surface area contributed by atoms with Crippen molar-refractivity contribution < 1.29 is 24.0 Å². The Labute approximate surface area is 147 Å². The maximum absolute atomic E-state index is 12.0. The highest BCUT2D eigenvalue weighted by atomic mass is 16.6. The molecule has 0 fully saturated rings. The first-order valence-corrected chi connectivity index (χ1v) is 7.30. The summed E-state index contributed by atoms with van der Waals surface area (Å²) in [5, 5.41) is 20.6. The van der Waals surface area contributed by atoms with Gasteiger partial charge < -0.3 is 19.8 Å². The Morgan fingerprint density at radius 2 is 2.08 bits per heavy atom. The highest BCUT2D eigenvalue weighted by molar-refractivity contribution is 5.96. The number of esters is 2. The Bertz CT molecular complexity index is 941. The lowest BCUT2D eigenvalue weighted by Gasteiger charge is -2.10. The molecule has 10 heteroatoms. The number of hydrogen-bond donors (Lipinski definition) is 1. The van der Waals surface area contributed by atoms with Crippen molar-refractivity contribution in [2.75, 3.05) is 19.5 Å². The summed E-state index contributed by atoms with van der Waals surface area (Å²) < 4.78 is 10.6. The molecule has 2 rings (SSSR count). The van der Waals surface area contributed by atoms with Crippen molar-refractivity contribution in [3.63, 3.8) is 0 Å². The zero-order valence-electron chi connectivity index (χ0n) is 13.9. The van der Waals surface area contributed by atoms with E-state index in [1.54, 1.807) is 13.0 Å². The molecule has 1 aromatic heterocycles.